The molecule has 1 aromatic rings. The first-order chi connectivity index (χ1) is 9.05. The molecule has 106 valence electrons. The van der Waals surface area contributed by atoms with Crippen molar-refractivity contribution in [1.82, 2.24) is 10.2 Å². The van der Waals surface area contributed by atoms with E-state index in [2.05, 4.69) is 10.2 Å². The molecule has 0 spiro atoms. The van der Waals surface area contributed by atoms with E-state index in [-0.39, 0.29) is 5.91 Å². The minimum atomic E-state index is 0.0526. The number of carbonyl (C=O) groups excluding carboxylic acids is 1. The van der Waals surface area contributed by atoms with Crippen LogP contribution >= 0.6 is 23.2 Å². The van der Waals surface area contributed by atoms with Gasteiger partial charge < -0.3 is 5.32 Å². The summed E-state index contributed by atoms with van der Waals surface area (Å²) in [5.41, 5.74) is 1.03. The molecule has 1 aromatic carbocycles. The van der Waals surface area contributed by atoms with Gasteiger partial charge in [-0.15, -0.1) is 0 Å². The van der Waals surface area contributed by atoms with Crippen molar-refractivity contribution in [2.45, 2.75) is 20.3 Å². The summed E-state index contributed by atoms with van der Waals surface area (Å²) in [5, 5.41) is 4.15. The molecule has 0 radical (unpaired) electrons. The molecule has 0 aliphatic heterocycles. The minimum absolute atomic E-state index is 0.0526. The number of amides is 1. The number of carbonyl (C=O) groups is 1. The summed E-state index contributed by atoms with van der Waals surface area (Å²) in [4.78, 5) is 13.8. The van der Waals surface area contributed by atoms with Crippen LogP contribution in [-0.4, -0.2) is 37.0 Å². The molecule has 0 saturated heterocycles. The van der Waals surface area contributed by atoms with E-state index in [0.29, 0.717) is 23.1 Å². The van der Waals surface area contributed by atoms with Gasteiger partial charge in [-0.2, -0.15) is 0 Å². The fourth-order valence-electron chi connectivity index (χ4n) is 1.81. The quantitative estimate of drug-likeness (QED) is 0.840. The SMILES string of the molecule is CCN(CC)CC(=O)NCCc1cc(Cl)cc(Cl)c1. The molecule has 0 bridgehead atoms. The number of nitrogens with zero attached hydrogens (tertiary/aromatic N) is 1. The Morgan fingerprint density at radius 3 is 2.26 bits per heavy atom. The van der Waals surface area contributed by atoms with Crippen LogP contribution in [0.25, 0.3) is 0 Å². The second-order valence-electron chi connectivity index (χ2n) is 4.34. The van der Waals surface area contributed by atoms with Crippen LogP contribution in [0.5, 0.6) is 0 Å². The Bertz CT molecular complexity index is 400. The van der Waals surface area contributed by atoms with E-state index in [1.54, 1.807) is 6.07 Å². The van der Waals surface area contributed by atoms with E-state index < -0.39 is 0 Å². The highest BCUT2D eigenvalue weighted by Gasteiger charge is 2.06. The lowest BCUT2D eigenvalue weighted by atomic mass is 10.1. The summed E-state index contributed by atoms with van der Waals surface area (Å²) in [7, 11) is 0. The molecular weight excluding hydrogens is 283 g/mol. The summed E-state index contributed by atoms with van der Waals surface area (Å²) in [6.45, 7) is 6.90. The first-order valence-corrected chi connectivity index (χ1v) is 7.24. The second kappa shape index (κ2) is 8.41. The topological polar surface area (TPSA) is 32.3 Å². The van der Waals surface area contributed by atoms with Crippen LogP contribution in [0.2, 0.25) is 10.0 Å². The molecular formula is C14H20Cl2N2O. The average Bonchev–Trinajstić information content (AvgIpc) is 2.34. The van der Waals surface area contributed by atoms with Crippen LogP contribution in [0.1, 0.15) is 19.4 Å². The monoisotopic (exact) mass is 302 g/mol. The van der Waals surface area contributed by atoms with Gasteiger partial charge in [0, 0.05) is 16.6 Å². The number of hydrogen-bond acceptors (Lipinski definition) is 2. The molecule has 0 unspecified atom stereocenters. The average molecular weight is 303 g/mol. The van der Waals surface area contributed by atoms with Gasteiger partial charge in [-0.1, -0.05) is 37.0 Å². The molecule has 0 aliphatic carbocycles. The number of hydrogen-bond donors (Lipinski definition) is 1. The molecule has 0 saturated carbocycles. The lowest BCUT2D eigenvalue weighted by Gasteiger charge is -2.17. The van der Waals surface area contributed by atoms with Gasteiger partial charge >= 0.3 is 0 Å². The van der Waals surface area contributed by atoms with E-state index in [9.17, 15) is 4.79 Å². The molecule has 19 heavy (non-hydrogen) atoms. The third-order valence-corrected chi connectivity index (χ3v) is 3.36. The van der Waals surface area contributed by atoms with Crippen molar-refractivity contribution in [1.29, 1.82) is 0 Å². The van der Waals surface area contributed by atoms with Crippen LogP contribution in [-0.2, 0) is 11.2 Å². The van der Waals surface area contributed by atoms with Gasteiger partial charge in [0.05, 0.1) is 6.54 Å². The van der Waals surface area contributed by atoms with Gasteiger partial charge in [-0.05, 0) is 43.3 Å². The van der Waals surface area contributed by atoms with Crippen LogP contribution in [0.15, 0.2) is 18.2 Å². The number of benzene rings is 1. The van der Waals surface area contributed by atoms with Crippen molar-refractivity contribution >= 4 is 29.1 Å². The Morgan fingerprint density at radius 2 is 1.74 bits per heavy atom. The second-order valence-corrected chi connectivity index (χ2v) is 5.21. The minimum Gasteiger partial charge on any atom is -0.355 e. The number of likely N-dealkylation sites (N-methyl/N-ethyl adjacent to an activating group) is 1. The maximum atomic E-state index is 11.7. The van der Waals surface area contributed by atoms with Crippen molar-refractivity contribution in [3.05, 3.63) is 33.8 Å². The third kappa shape index (κ3) is 6.28. The Kier molecular flexibility index (Phi) is 7.21. The van der Waals surface area contributed by atoms with Gasteiger partial charge in [0.2, 0.25) is 5.91 Å². The van der Waals surface area contributed by atoms with Crippen molar-refractivity contribution in [3.8, 4) is 0 Å². The van der Waals surface area contributed by atoms with Gasteiger partial charge in [-0.25, -0.2) is 0 Å². The Hall–Kier alpha value is -0.770. The predicted octanol–water partition coefficient (Wildman–Crippen LogP) is 2.99. The van der Waals surface area contributed by atoms with Crippen LogP contribution in [0.3, 0.4) is 0 Å². The third-order valence-electron chi connectivity index (χ3n) is 2.92. The van der Waals surface area contributed by atoms with Gasteiger partial charge in [0.25, 0.3) is 0 Å². The molecule has 1 rings (SSSR count). The summed E-state index contributed by atoms with van der Waals surface area (Å²) >= 11 is 11.8. The van der Waals surface area contributed by atoms with E-state index in [0.717, 1.165) is 25.1 Å². The lowest BCUT2D eigenvalue weighted by molar-refractivity contribution is -0.122. The van der Waals surface area contributed by atoms with E-state index in [4.69, 9.17) is 23.2 Å². The molecule has 5 heteroatoms. The highest BCUT2D eigenvalue weighted by atomic mass is 35.5. The highest BCUT2D eigenvalue weighted by Crippen LogP contribution is 2.19. The van der Waals surface area contributed by atoms with Crippen LogP contribution in [0, 0.1) is 0 Å². The van der Waals surface area contributed by atoms with Gasteiger partial charge in [0.15, 0.2) is 0 Å². The zero-order valence-electron chi connectivity index (χ0n) is 11.4. The Morgan fingerprint density at radius 1 is 1.16 bits per heavy atom. The number of rotatable bonds is 7. The zero-order valence-corrected chi connectivity index (χ0v) is 12.9. The van der Waals surface area contributed by atoms with Crippen molar-refractivity contribution < 1.29 is 4.79 Å². The molecule has 3 nitrogen and oxygen atoms in total. The maximum absolute atomic E-state index is 11.7. The highest BCUT2D eigenvalue weighted by molar-refractivity contribution is 6.34. The predicted molar refractivity (Wildman–Crippen MR) is 81.0 cm³/mol. The van der Waals surface area contributed by atoms with E-state index in [1.807, 2.05) is 26.0 Å². The summed E-state index contributed by atoms with van der Waals surface area (Å²) in [6.07, 6.45) is 0.726. The van der Waals surface area contributed by atoms with E-state index in [1.165, 1.54) is 0 Å². The van der Waals surface area contributed by atoms with Crippen molar-refractivity contribution in [2.75, 3.05) is 26.2 Å². The normalized spacial score (nSPS) is 10.8. The van der Waals surface area contributed by atoms with Crippen molar-refractivity contribution in [2.24, 2.45) is 0 Å². The fourth-order valence-corrected chi connectivity index (χ4v) is 2.38. The lowest BCUT2D eigenvalue weighted by Crippen LogP contribution is -2.37. The smallest absolute Gasteiger partial charge is 0.234 e. The van der Waals surface area contributed by atoms with Crippen LogP contribution < -0.4 is 5.32 Å². The Balaban J connectivity index is 2.35. The fraction of sp³-hybridized carbons (Fsp3) is 0.500. The molecule has 0 atom stereocenters. The van der Waals surface area contributed by atoms with Crippen LogP contribution in [0.4, 0.5) is 0 Å². The first kappa shape index (κ1) is 16.3. The number of nitrogens with one attached hydrogen (secondary N) is 1. The first-order valence-electron chi connectivity index (χ1n) is 6.49. The molecule has 0 aromatic heterocycles. The largest absolute Gasteiger partial charge is 0.355 e. The molecule has 1 amide bonds. The Labute approximate surface area is 124 Å². The molecule has 1 N–H and O–H groups in total. The summed E-state index contributed by atoms with van der Waals surface area (Å²) in [5.74, 6) is 0.0526. The molecule has 0 heterocycles. The van der Waals surface area contributed by atoms with Gasteiger partial charge in [-0.3, -0.25) is 9.69 Å². The maximum Gasteiger partial charge on any atom is 0.234 e. The molecule has 0 fully saturated rings. The zero-order chi connectivity index (χ0) is 14.3. The van der Waals surface area contributed by atoms with Crippen molar-refractivity contribution in [3.63, 3.8) is 0 Å². The summed E-state index contributed by atoms with van der Waals surface area (Å²) < 4.78 is 0. The number of halogens is 2. The molecule has 0 aliphatic rings. The van der Waals surface area contributed by atoms with E-state index >= 15 is 0 Å². The van der Waals surface area contributed by atoms with Gasteiger partial charge in [0.1, 0.15) is 0 Å². The summed E-state index contributed by atoms with van der Waals surface area (Å²) in [6, 6.07) is 5.43. The standard InChI is InChI=1S/C14H20Cl2N2O/c1-3-18(4-2)10-14(19)17-6-5-11-7-12(15)9-13(16)8-11/h7-9H,3-6,10H2,1-2H3,(H,17,19).